The van der Waals surface area contributed by atoms with Gasteiger partial charge in [0.1, 0.15) is 0 Å². The van der Waals surface area contributed by atoms with Gasteiger partial charge in [0.15, 0.2) is 0 Å². The number of methoxy groups -OCH3 is 1. The van der Waals surface area contributed by atoms with Crippen molar-refractivity contribution in [3.63, 3.8) is 0 Å². The lowest BCUT2D eigenvalue weighted by atomic mass is 10.3. The van der Waals surface area contributed by atoms with Gasteiger partial charge in [-0.15, -0.1) is 0 Å². The molecule has 0 aromatic rings. The van der Waals surface area contributed by atoms with Crippen LogP contribution in [0.2, 0.25) is 0 Å². The lowest BCUT2D eigenvalue weighted by Gasteiger charge is -2.21. The molecule has 1 rings (SSSR count). The Kier molecular flexibility index (Phi) is 6.41. The van der Waals surface area contributed by atoms with Crippen LogP contribution in [0.25, 0.3) is 0 Å². The standard InChI is InChI=1S/C12H22N2O5S/c1-10(12(16)14-7-3-4-8-14)13-20(17,18)9-5-6-11(15)19-2/h10,13H,3-9H2,1-2H3. The highest BCUT2D eigenvalue weighted by molar-refractivity contribution is 7.89. The Hall–Kier alpha value is -1.15. The van der Waals surface area contributed by atoms with Gasteiger partial charge in [-0.3, -0.25) is 9.59 Å². The number of carbonyl (C=O) groups excluding carboxylic acids is 2. The van der Waals surface area contributed by atoms with Crippen LogP contribution in [0.5, 0.6) is 0 Å². The van der Waals surface area contributed by atoms with E-state index in [0.717, 1.165) is 12.8 Å². The van der Waals surface area contributed by atoms with Crippen molar-refractivity contribution >= 4 is 21.9 Å². The van der Waals surface area contributed by atoms with Gasteiger partial charge in [0.2, 0.25) is 15.9 Å². The van der Waals surface area contributed by atoms with Crippen LogP contribution in [-0.4, -0.2) is 57.2 Å². The van der Waals surface area contributed by atoms with Crippen molar-refractivity contribution in [3.05, 3.63) is 0 Å². The fraction of sp³-hybridized carbons (Fsp3) is 0.833. The van der Waals surface area contributed by atoms with E-state index >= 15 is 0 Å². The first-order valence-electron chi connectivity index (χ1n) is 6.71. The van der Waals surface area contributed by atoms with Crippen LogP contribution in [0.1, 0.15) is 32.6 Å². The molecule has 1 atom stereocenters. The Labute approximate surface area is 119 Å². The lowest BCUT2D eigenvalue weighted by Crippen LogP contribution is -2.46. The third kappa shape index (κ3) is 5.46. The number of hydrogen-bond donors (Lipinski definition) is 1. The van der Waals surface area contributed by atoms with Crippen molar-refractivity contribution in [2.45, 2.75) is 38.6 Å². The van der Waals surface area contributed by atoms with Crippen molar-refractivity contribution in [1.29, 1.82) is 0 Å². The average Bonchev–Trinajstić information content (AvgIpc) is 2.90. The summed E-state index contributed by atoms with van der Waals surface area (Å²) in [6.07, 6.45) is 2.15. The van der Waals surface area contributed by atoms with Gasteiger partial charge in [-0.1, -0.05) is 0 Å². The predicted molar refractivity (Wildman–Crippen MR) is 73.4 cm³/mol. The summed E-state index contributed by atoms with van der Waals surface area (Å²) in [6, 6.07) is -0.767. The number of amides is 1. The van der Waals surface area contributed by atoms with Crippen molar-refractivity contribution < 1.29 is 22.7 Å². The quantitative estimate of drug-likeness (QED) is 0.661. The number of rotatable bonds is 7. The zero-order chi connectivity index (χ0) is 15.2. The number of esters is 1. The highest BCUT2D eigenvalue weighted by Gasteiger charge is 2.26. The fourth-order valence-electron chi connectivity index (χ4n) is 2.10. The second-order valence-corrected chi connectivity index (χ2v) is 6.74. The number of ether oxygens (including phenoxy) is 1. The molecule has 7 nitrogen and oxygen atoms in total. The van der Waals surface area contributed by atoms with Crippen LogP contribution < -0.4 is 4.72 Å². The van der Waals surface area contributed by atoms with E-state index in [1.54, 1.807) is 11.8 Å². The SMILES string of the molecule is COC(=O)CCCS(=O)(=O)NC(C)C(=O)N1CCCC1. The first-order chi connectivity index (χ1) is 9.35. The molecular formula is C12H22N2O5S. The van der Waals surface area contributed by atoms with Crippen molar-refractivity contribution in [3.8, 4) is 0 Å². The molecule has 0 aromatic heterocycles. The Morgan fingerprint density at radius 1 is 1.30 bits per heavy atom. The zero-order valence-corrected chi connectivity index (χ0v) is 12.7. The van der Waals surface area contributed by atoms with Gasteiger partial charge in [-0.2, -0.15) is 0 Å². The van der Waals surface area contributed by atoms with Gasteiger partial charge in [0.05, 0.1) is 18.9 Å². The molecular weight excluding hydrogens is 284 g/mol. The number of nitrogens with one attached hydrogen (secondary N) is 1. The molecule has 8 heteroatoms. The smallest absolute Gasteiger partial charge is 0.305 e. The maximum Gasteiger partial charge on any atom is 0.305 e. The summed E-state index contributed by atoms with van der Waals surface area (Å²) in [5, 5.41) is 0. The highest BCUT2D eigenvalue weighted by Crippen LogP contribution is 2.09. The topological polar surface area (TPSA) is 92.8 Å². The molecule has 1 unspecified atom stereocenters. The number of nitrogens with zero attached hydrogens (tertiary/aromatic N) is 1. The Balaban J connectivity index is 2.40. The molecule has 1 aliphatic rings. The predicted octanol–water partition coefficient (Wildman–Crippen LogP) is -0.130. The van der Waals surface area contributed by atoms with Crippen LogP contribution in [0.4, 0.5) is 0 Å². The number of hydrogen-bond acceptors (Lipinski definition) is 5. The summed E-state index contributed by atoms with van der Waals surface area (Å²) in [6.45, 7) is 2.92. The molecule has 1 aliphatic heterocycles. The molecule has 0 aliphatic carbocycles. The van der Waals surface area contributed by atoms with Crippen LogP contribution in [0, 0.1) is 0 Å². The van der Waals surface area contributed by atoms with E-state index in [1.807, 2.05) is 0 Å². The van der Waals surface area contributed by atoms with E-state index in [9.17, 15) is 18.0 Å². The van der Waals surface area contributed by atoms with Crippen LogP contribution in [-0.2, 0) is 24.3 Å². The molecule has 0 saturated carbocycles. The molecule has 0 spiro atoms. The van der Waals surface area contributed by atoms with E-state index < -0.39 is 22.0 Å². The van der Waals surface area contributed by atoms with E-state index in [0.29, 0.717) is 13.1 Å². The zero-order valence-electron chi connectivity index (χ0n) is 11.9. The summed E-state index contributed by atoms with van der Waals surface area (Å²) in [4.78, 5) is 24.5. The maximum atomic E-state index is 12.0. The minimum absolute atomic E-state index is 0.0475. The van der Waals surface area contributed by atoms with E-state index in [2.05, 4.69) is 9.46 Å². The molecule has 1 heterocycles. The van der Waals surface area contributed by atoms with Crippen molar-refractivity contribution in [2.24, 2.45) is 0 Å². The molecule has 0 bridgehead atoms. The van der Waals surface area contributed by atoms with E-state index in [4.69, 9.17) is 0 Å². The Bertz CT molecular complexity index is 443. The summed E-state index contributed by atoms with van der Waals surface area (Å²) >= 11 is 0. The second kappa shape index (κ2) is 7.58. The maximum absolute atomic E-state index is 12.0. The third-order valence-corrected chi connectivity index (χ3v) is 4.70. The van der Waals surface area contributed by atoms with E-state index in [-0.39, 0.29) is 24.5 Å². The minimum atomic E-state index is -3.56. The molecule has 0 radical (unpaired) electrons. The summed E-state index contributed by atoms with van der Waals surface area (Å²) in [7, 11) is -2.31. The molecule has 1 saturated heterocycles. The first-order valence-corrected chi connectivity index (χ1v) is 8.36. The van der Waals surface area contributed by atoms with Gasteiger partial charge in [0.25, 0.3) is 0 Å². The number of likely N-dealkylation sites (tertiary alicyclic amines) is 1. The summed E-state index contributed by atoms with van der Waals surface area (Å²) in [5.41, 5.74) is 0. The first kappa shape index (κ1) is 16.9. The molecule has 0 aromatic carbocycles. The average molecular weight is 306 g/mol. The third-order valence-electron chi connectivity index (χ3n) is 3.17. The van der Waals surface area contributed by atoms with Crippen LogP contribution in [0.3, 0.4) is 0 Å². The normalized spacial score (nSPS) is 17.0. The monoisotopic (exact) mass is 306 g/mol. The number of sulfonamides is 1. The number of carbonyl (C=O) groups is 2. The van der Waals surface area contributed by atoms with Gasteiger partial charge in [-0.05, 0) is 26.2 Å². The van der Waals surface area contributed by atoms with Crippen LogP contribution in [0.15, 0.2) is 0 Å². The van der Waals surface area contributed by atoms with Crippen molar-refractivity contribution in [1.82, 2.24) is 9.62 Å². The Morgan fingerprint density at radius 2 is 1.90 bits per heavy atom. The lowest BCUT2D eigenvalue weighted by molar-refractivity contribution is -0.140. The van der Waals surface area contributed by atoms with E-state index in [1.165, 1.54) is 7.11 Å². The van der Waals surface area contributed by atoms with Gasteiger partial charge in [-0.25, -0.2) is 13.1 Å². The summed E-state index contributed by atoms with van der Waals surface area (Å²) < 4.78 is 30.4. The van der Waals surface area contributed by atoms with Gasteiger partial charge < -0.3 is 9.64 Å². The second-order valence-electron chi connectivity index (χ2n) is 4.87. The highest BCUT2D eigenvalue weighted by atomic mass is 32.2. The molecule has 20 heavy (non-hydrogen) atoms. The molecule has 1 amide bonds. The van der Waals surface area contributed by atoms with Crippen molar-refractivity contribution in [2.75, 3.05) is 26.0 Å². The van der Waals surface area contributed by atoms with Crippen LogP contribution >= 0.6 is 0 Å². The van der Waals surface area contributed by atoms with Gasteiger partial charge >= 0.3 is 5.97 Å². The summed E-state index contributed by atoms with van der Waals surface area (Å²) in [5.74, 6) is -0.833. The Morgan fingerprint density at radius 3 is 2.45 bits per heavy atom. The molecule has 116 valence electrons. The largest absolute Gasteiger partial charge is 0.469 e. The fourth-order valence-corrected chi connectivity index (χ4v) is 3.38. The van der Waals surface area contributed by atoms with Gasteiger partial charge in [0, 0.05) is 19.5 Å². The minimum Gasteiger partial charge on any atom is -0.469 e. The molecule has 1 fully saturated rings. The molecule has 1 N–H and O–H groups in total.